The van der Waals surface area contributed by atoms with Crippen LogP contribution in [0.2, 0.25) is 0 Å². The van der Waals surface area contributed by atoms with E-state index in [1.165, 1.54) is 17.7 Å². The predicted octanol–water partition coefficient (Wildman–Crippen LogP) is 3.98. The summed E-state index contributed by atoms with van der Waals surface area (Å²) in [7, 11) is 1.78. The highest BCUT2D eigenvalue weighted by Crippen LogP contribution is 2.31. The van der Waals surface area contributed by atoms with Gasteiger partial charge in [0.15, 0.2) is 0 Å². The zero-order valence-electron chi connectivity index (χ0n) is 18.0. The standard InChI is InChI=1S/C26H25FN4O/c1-29-22-8-5-13-28-25(22)23(18-24(29)32)30-14-16-31(17-15-30)26(19-6-3-2-4-7-19)20-9-11-21(27)12-10-20/h2-13,18,26H,14-17H2,1H3. The van der Waals surface area contributed by atoms with E-state index in [0.29, 0.717) is 0 Å². The molecule has 162 valence electrons. The molecule has 0 spiro atoms. The van der Waals surface area contributed by atoms with Crippen molar-refractivity contribution in [2.45, 2.75) is 6.04 Å². The van der Waals surface area contributed by atoms with Crippen molar-refractivity contribution in [1.82, 2.24) is 14.5 Å². The number of hydrogen-bond donors (Lipinski definition) is 0. The summed E-state index contributed by atoms with van der Waals surface area (Å²) in [6.07, 6.45) is 1.77. The van der Waals surface area contributed by atoms with E-state index in [1.54, 1.807) is 23.9 Å². The van der Waals surface area contributed by atoms with Gasteiger partial charge in [-0.3, -0.25) is 14.7 Å². The Labute approximate surface area is 186 Å². The lowest BCUT2D eigenvalue weighted by molar-refractivity contribution is 0.212. The number of halogens is 1. The van der Waals surface area contributed by atoms with Crippen LogP contribution in [0.3, 0.4) is 0 Å². The van der Waals surface area contributed by atoms with Crippen LogP contribution in [-0.4, -0.2) is 40.6 Å². The van der Waals surface area contributed by atoms with Crippen molar-refractivity contribution in [3.63, 3.8) is 0 Å². The van der Waals surface area contributed by atoms with Crippen LogP contribution >= 0.6 is 0 Å². The summed E-state index contributed by atoms with van der Waals surface area (Å²) in [6.45, 7) is 3.20. The van der Waals surface area contributed by atoms with E-state index in [1.807, 2.05) is 42.5 Å². The van der Waals surface area contributed by atoms with E-state index in [4.69, 9.17) is 0 Å². The molecular weight excluding hydrogens is 403 g/mol. The number of pyridine rings is 2. The molecule has 4 aromatic rings. The molecule has 5 rings (SSSR count). The quantitative estimate of drug-likeness (QED) is 0.493. The van der Waals surface area contributed by atoms with Gasteiger partial charge >= 0.3 is 0 Å². The summed E-state index contributed by atoms with van der Waals surface area (Å²) in [6, 6.07) is 22.7. The van der Waals surface area contributed by atoms with Gasteiger partial charge in [-0.15, -0.1) is 0 Å². The Bertz CT molecular complexity index is 1280. The van der Waals surface area contributed by atoms with Crippen LogP contribution in [0.5, 0.6) is 0 Å². The Balaban J connectivity index is 1.44. The van der Waals surface area contributed by atoms with Crippen molar-refractivity contribution in [3.05, 3.63) is 106 Å². The molecule has 0 radical (unpaired) electrons. The predicted molar refractivity (Wildman–Crippen MR) is 125 cm³/mol. The molecule has 3 heterocycles. The highest BCUT2D eigenvalue weighted by Gasteiger charge is 2.27. The van der Waals surface area contributed by atoms with Crippen molar-refractivity contribution in [3.8, 4) is 0 Å². The molecule has 6 heteroatoms. The summed E-state index contributed by atoms with van der Waals surface area (Å²) in [4.78, 5) is 21.8. The number of fused-ring (bicyclic) bond motifs is 1. The largest absolute Gasteiger partial charge is 0.367 e. The average molecular weight is 429 g/mol. The fraction of sp³-hybridized carbons (Fsp3) is 0.231. The lowest BCUT2D eigenvalue weighted by Gasteiger charge is -2.40. The van der Waals surface area contributed by atoms with Crippen LogP contribution in [0.4, 0.5) is 10.1 Å². The summed E-state index contributed by atoms with van der Waals surface area (Å²) in [5, 5.41) is 0. The van der Waals surface area contributed by atoms with Gasteiger partial charge in [0, 0.05) is 45.5 Å². The smallest absolute Gasteiger partial charge is 0.252 e. The number of anilines is 1. The van der Waals surface area contributed by atoms with Crippen LogP contribution in [0.1, 0.15) is 17.2 Å². The third-order valence-electron chi connectivity index (χ3n) is 6.30. The highest BCUT2D eigenvalue weighted by atomic mass is 19.1. The number of nitrogens with zero attached hydrogens (tertiary/aromatic N) is 4. The fourth-order valence-electron chi connectivity index (χ4n) is 4.62. The molecule has 1 aliphatic heterocycles. The van der Waals surface area contributed by atoms with Crippen molar-refractivity contribution in [1.29, 1.82) is 0 Å². The second-order valence-corrected chi connectivity index (χ2v) is 8.19. The molecule has 1 aliphatic rings. The Morgan fingerprint density at radius 3 is 2.28 bits per heavy atom. The topological polar surface area (TPSA) is 41.4 Å². The Morgan fingerprint density at radius 1 is 0.875 bits per heavy atom. The van der Waals surface area contributed by atoms with Crippen molar-refractivity contribution in [2.75, 3.05) is 31.1 Å². The number of aromatic nitrogens is 2. The minimum absolute atomic E-state index is 0.0311. The van der Waals surface area contributed by atoms with Gasteiger partial charge in [0.1, 0.15) is 11.3 Å². The molecule has 2 aromatic heterocycles. The first-order chi connectivity index (χ1) is 15.6. The summed E-state index contributed by atoms with van der Waals surface area (Å²) < 4.78 is 15.2. The number of benzene rings is 2. The Hall–Kier alpha value is -3.51. The van der Waals surface area contributed by atoms with E-state index in [0.717, 1.165) is 48.5 Å². The third kappa shape index (κ3) is 3.78. The van der Waals surface area contributed by atoms with E-state index in [9.17, 15) is 9.18 Å². The zero-order valence-corrected chi connectivity index (χ0v) is 18.0. The molecule has 1 atom stereocenters. The van der Waals surface area contributed by atoms with E-state index in [-0.39, 0.29) is 17.4 Å². The van der Waals surface area contributed by atoms with Crippen LogP contribution in [-0.2, 0) is 7.05 Å². The zero-order chi connectivity index (χ0) is 22.1. The fourth-order valence-corrected chi connectivity index (χ4v) is 4.62. The van der Waals surface area contributed by atoms with Crippen molar-refractivity contribution >= 4 is 16.7 Å². The molecule has 1 unspecified atom stereocenters. The number of aryl methyl sites for hydroxylation is 1. The van der Waals surface area contributed by atoms with Gasteiger partial charge in [0.05, 0.1) is 17.2 Å². The van der Waals surface area contributed by atoms with Crippen molar-refractivity contribution < 1.29 is 4.39 Å². The van der Waals surface area contributed by atoms with Gasteiger partial charge in [-0.2, -0.15) is 0 Å². The molecule has 2 aromatic carbocycles. The lowest BCUT2D eigenvalue weighted by atomic mass is 9.96. The molecule has 1 saturated heterocycles. The Morgan fingerprint density at radius 2 is 1.56 bits per heavy atom. The number of piperazine rings is 1. The molecule has 1 fully saturated rings. The van der Waals surface area contributed by atoms with Gasteiger partial charge < -0.3 is 9.47 Å². The maximum atomic E-state index is 13.6. The second-order valence-electron chi connectivity index (χ2n) is 8.19. The minimum Gasteiger partial charge on any atom is -0.367 e. The number of rotatable bonds is 4. The molecule has 0 amide bonds. The first-order valence-corrected chi connectivity index (χ1v) is 10.9. The monoisotopic (exact) mass is 428 g/mol. The van der Waals surface area contributed by atoms with Gasteiger partial charge in [-0.25, -0.2) is 4.39 Å². The van der Waals surface area contributed by atoms with Crippen LogP contribution in [0, 0.1) is 5.82 Å². The van der Waals surface area contributed by atoms with Gasteiger partial charge in [0.25, 0.3) is 5.56 Å². The highest BCUT2D eigenvalue weighted by molar-refractivity contribution is 5.88. The molecule has 0 N–H and O–H groups in total. The molecule has 32 heavy (non-hydrogen) atoms. The maximum Gasteiger partial charge on any atom is 0.252 e. The van der Waals surface area contributed by atoms with E-state index in [2.05, 4.69) is 26.9 Å². The lowest BCUT2D eigenvalue weighted by Crippen LogP contribution is -2.48. The van der Waals surface area contributed by atoms with E-state index < -0.39 is 0 Å². The molecule has 5 nitrogen and oxygen atoms in total. The SMILES string of the molecule is Cn1c(=O)cc(N2CCN(C(c3ccccc3)c3ccc(F)cc3)CC2)c2ncccc21. The van der Waals surface area contributed by atoms with Crippen molar-refractivity contribution in [2.24, 2.45) is 7.05 Å². The van der Waals surface area contributed by atoms with Crippen LogP contribution in [0.15, 0.2) is 83.8 Å². The van der Waals surface area contributed by atoms with Gasteiger partial charge in [0.2, 0.25) is 0 Å². The van der Waals surface area contributed by atoms with Gasteiger partial charge in [-0.1, -0.05) is 42.5 Å². The number of hydrogen-bond acceptors (Lipinski definition) is 4. The summed E-state index contributed by atoms with van der Waals surface area (Å²) >= 11 is 0. The molecule has 0 saturated carbocycles. The first kappa shape index (κ1) is 20.4. The average Bonchev–Trinajstić information content (AvgIpc) is 2.84. The van der Waals surface area contributed by atoms with Crippen LogP contribution < -0.4 is 10.5 Å². The second kappa shape index (κ2) is 8.55. The van der Waals surface area contributed by atoms with Gasteiger partial charge in [-0.05, 0) is 35.4 Å². The first-order valence-electron chi connectivity index (χ1n) is 10.9. The summed E-state index contributed by atoms with van der Waals surface area (Å²) in [5.41, 5.74) is 4.81. The van der Waals surface area contributed by atoms with Crippen LogP contribution in [0.25, 0.3) is 11.0 Å². The maximum absolute atomic E-state index is 13.6. The van der Waals surface area contributed by atoms with E-state index >= 15 is 0 Å². The third-order valence-corrected chi connectivity index (χ3v) is 6.30. The molecule has 0 bridgehead atoms. The molecule has 0 aliphatic carbocycles. The summed E-state index contributed by atoms with van der Waals surface area (Å²) in [5.74, 6) is -0.226. The normalized spacial score (nSPS) is 15.8. The minimum atomic E-state index is -0.226. The molecular formula is C26H25FN4O. The Kier molecular flexibility index (Phi) is 5.45.